The maximum absolute atomic E-state index is 13.0. The van der Waals surface area contributed by atoms with Crippen LogP contribution in [0.2, 0.25) is 0 Å². The van der Waals surface area contributed by atoms with Crippen molar-refractivity contribution in [1.82, 2.24) is 15.2 Å². The largest absolute Gasteiger partial charge is 0.467 e. The summed E-state index contributed by atoms with van der Waals surface area (Å²) in [7, 11) is 0. The van der Waals surface area contributed by atoms with E-state index in [-0.39, 0.29) is 11.6 Å². The quantitative estimate of drug-likeness (QED) is 0.568. The van der Waals surface area contributed by atoms with Crippen LogP contribution < -0.4 is 15.0 Å². The van der Waals surface area contributed by atoms with Crippen molar-refractivity contribution in [3.05, 3.63) is 59.4 Å². The van der Waals surface area contributed by atoms with Gasteiger partial charge < -0.3 is 19.7 Å². The Morgan fingerprint density at radius 3 is 2.75 bits per heavy atom. The van der Waals surface area contributed by atoms with Crippen LogP contribution in [0, 0.1) is 6.92 Å². The highest BCUT2D eigenvalue weighted by molar-refractivity contribution is 6.04. The molecule has 1 aromatic carbocycles. The number of morpholine rings is 1. The SMILES string of the molecule is Cc1ccc(NC(=O)c2ccnc(C(F)(F)F)c2)cc1-c1cc2c(nn1)OC(C)(C)C1COCCN21. The Morgan fingerprint density at radius 1 is 1.17 bits per heavy atom. The van der Waals surface area contributed by atoms with E-state index in [1.54, 1.807) is 18.2 Å². The number of carbonyl (C=O) groups excluding carboxylic acids is 1. The number of hydrogen-bond donors (Lipinski definition) is 1. The Hall–Kier alpha value is -3.73. The van der Waals surface area contributed by atoms with E-state index in [9.17, 15) is 18.0 Å². The molecule has 0 spiro atoms. The number of rotatable bonds is 3. The monoisotopic (exact) mass is 499 g/mol. The Kier molecular flexibility index (Phi) is 5.82. The van der Waals surface area contributed by atoms with Crippen LogP contribution in [0.4, 0.5) is 24.5 Å². The topological polar surface area (TPSA) is 89.5 Å². The van der Waals surface area contributed by atoms with Gasteiger partial charge in [-0.05, 0) is 56.7 Å². The predicted molar refractivity (Wildman–Crippen MR) is 126 cm³/mol. The van der Waals surface area contributed by atoms with E-state index in [1.807, 2.05) is 26.8 Å². The van der Waals surface area contributed by atoms with Gasteiger partial charge in [-0.25, -0.2) is 0 Å². The lowest BCUT2D eigenvalue weighted by Crippen LogP contribution is -2.61. The fraction of sp³-hybridized carbons (Fsp3) is 0.360. The van der Waals surface area contributed by atoms with E-state index >= 15 is 0 Å². The summed E-state index contributed by atoms with van der Waals surface area (Å²) < 4.78 is 50.8. The number of ether oxygens (including phenoxy) is 2. The van der Waals surface area contributed by atoms with E-state index in [0.717, 1.165) is 29.1 Å². The molecule has 188 valence electrons. The number of pyridine rings is 1. The summed E-state index contributed by atoms with van der Waals surface area (Å²) in [6.45, 7) is 7.71. The van der Waals surface area contributed by atoms with Crippen LogP contribution >= 0.6 is 0 Å². The number of nitrogens with zero attached hydrogens (tertiary/aromatic N) is 4. The molecule has 2 aliphatic rings. The number of aromatic nitrogens is 3. The van der Waals surface area contributed by atoms with Gasteiger partial charge in [0.2, 0.25) is 0 Å². The molecule has 11 heteroatoms. The Labute approximate surface area is 205 Å². The van der Waals surface area contributed by atoms with Crippen molar-refractivity contribution in [3.63, 3.8) is 0 Å². The fourth-order valence-electron chi connectivity index (χ4n) is 4.47. The lowest BCUT2D eigenvalue weighted by Gasteiger charge is -2.49. The van der Waals surface area contributed by atoms with Gasteiger partial charge in [0, 0.05) is 29.6 Å². The highest BCUT2D eigenvalue weighted by Gasteiger charge is 2.44. The molecule has 5 rings (SSSR count). The molecule has 0 bridgehead atoms. The fourth-order valence-corrected chi connectivity index (χ4v) is 4.47. The number of carbonyl (C=O) groups is 1. The van der Waals surface area contributed by atoms with Gasteiger partial charge in [-0.3, -0.25) is 9.78 Å². The molecule has 1 atom stereocenters. The predicted octanol–water partition coefficient (Wildman–Crippen LogP) is 4.49. The lowest BCUT2D eigenvalue weighted by molar-refractivity contribution is -0.141. The van der Waals surface area contributed by atoms with Crippen molar-refractivity contribution in [2.75, 3.05) is 30.0 Å². The molecule has 0 saturated carbocycles. The number of benzene rings is 1. The van der Waals surface area contributed by atoms with E-state index < -0.39 is 23.4 Å². The van der Waals surface area contributed by atoms with Crippen molar-refractivity contribution >= 4 is 17.3 Å². The van der Waals surface area contributed by atoms with E-state index in [2.05, 4.69) is 25.4 Å². The molecular formula is C25H24F3N5O3. The number of fused-ring (bicyclic) bond motifs is 3. The van der Waals surface area contributed by atoms with Crippen LogP contribution in [-0.2, 0) is 10.9 Å². The molecule has 2 aromatic heterocycles. The second-order valence-electron chi connectivity index (χ2n) is 9.32. The van der Waals surface area contributed by atoms with E-state index in [4.69, 9.17) is 9.47 Å². The molecule has 3 aromatic rings. The molecule has 1 N–H and O–H groups in total. The van der Waals surface area contributed by atoms with Crippen molar-refractivity contribution in [3.8, 4) is 17.1 Å². The summed E-state index contributed by atoms with van der Waals surface area (Å²) in [5.74, 6) is -0.233. The molecular weight excluding hydrogens is 475 g/mol. The average molecular weight is 499 g/mol. The second-order valence-corrected chi connectivity index (χ2v) is 9.32. The summed E-state index contributed by atoms with van der Waals surface area (Å²) in [4.78, 5) is 18.2. The molecule has 1 saturated heterocycles. The maximum Gasteiger partial charge on any atom is 0.433 e. The summed E-state index contributed by atoms with van der Waals surface area (Å²) >= 11 is 0. The first-order valence-corrected chi connectivity index (χ1v) is 11.4. The smallest absolute Gasteiger partial charge is 0.433 e. The summed E-state index contributed by atoms with van der Waals surface area (Å²) in [5.41, 5.74) is 1.65. The number of halogens is 3. The standard InChI is InChI=1S/C25H24F3N5O3/c1-14-4-5-16(30-22(34)15-6-7-29-20(10-15)25(26,27)28)11-17(14)18-12-19-23(32-31-18)36-24(2,3)21-13-35-9-8-33(19)21/h4-7,10-12,21H,8-9,13H2,1-3H3,(H,30,34). The minimum atomic E-state index is -4.64. The van der Waals surface area contributed by atoms with Crippen molar-refractivity contribution in [1.29, 1.82) is 0 Å². The van der Waals surface area contributed by atoms with Gasteiger partial charge in [0.25, 0.3) is 11.8 Å². The summed E-state index contributed by atoms with van der Waals surface area (Å²) in [6.07, 6.45) is -3.68. The van der Waals surface area contributed by atoms with Crippen LogP contribution in [0.15, 0.2) is 42.6 Å². The van der Waals surface area contributed by atoms with Gasteiger partial charge >= 0.3 is 6.18 Å². The van der Waals surface area contributed by atoms with Gasteiger partial charge in [-0.2, -0.15) is 13.2 Å². The zero-order valence-electron chi connectivity index (χ0n) is 19.9. The highest BCUT2D eigenvalue weighted by Crippen LogP contribution is 2.41. The average Bonchev–Trinajstić information content (AvgIpc) is 2.84. The van der Waals surface area contributed by atoms with Crippen LogP contribution in [0.1, 0.15) is 35.5 Å². The Morgan fingerprint density at radius 2 is 1.97 bits per heavy atom. The third kappa shape index (κ3) is 4.46. The van der Waals surface area contributed by atoms with Crippen LogP contribution in [0.3, 0.4) is 0 Å². The Bertz CT molecular complexity index is 1330. The van der Waals surface area contributed by atoms with Crippen LogP contribution in [0.25, 0.3) is 11.3 Å². The number of aryl methyl sites for hydroxylation is 1. The summed E-state index contributed by atoms with van der Waals surface area (Å²) in [6, 6.07) is 9.08. The highest BCUT2D eigenvalue weighted by atomic mass is 19.4. The van der Waals surface area contributed by atoms with Crippen molar-refractivity contribution in [2.24, 2.45) is 0 Å². The molecule has 1 unspecified atom stereocenters. The van der Waals surface area contributed by atoms with E-state index in [1.165, 1.54) is 6.07 Å². The lowest BCUT2D eigenvalue weighted by atomic mass is 9.94. The molecule has 1 amide bonds. The number of anilines is 2. The zero-order valence-corrected chi connectivity index (χ0v) is 19.9. The molecule has 36 heavy (non-hydrogen) atoms. The first kappa shape index (κ1) is 24.0. The molecule has 2 aliphatic heterocycles. The number of amides is 1. The minimum absolute atomic E-state index is 0.0180. The van der Waals surface area contributed by atoms with Gasteiger partial charge in [0.15, 0.2) is 0 Å². The van der Waals surface area contributed by atoms with Crippen LogP contribution in [0.5, 0.6) is 5.88 Å². The van der Waals surface area contributed by atoms with Crippen molar-refractivity contribution < 1.29 is 27.4 Å². The first-order valence-electron chi connectivity index (χ1n) is 11.4. The molecule has 8 nitrogen and oxygen atoms in total. The molecule has 4 heterocycles. The number of alkyl halides is 3. The Balaban J connectivity index is 1.44. The molecule has 0 aliphatic carbocycles. The second kappa shape index (κ2) is 8.74. The minimum Gasteiger partial charge on any atom is -0.467 e. The van der Waals surface area contributed by atoms with E-state index in [0.29, 0.717) is 37.0 Å². The third-order valence-electron chi connectivity index (χ3n) is 6.43. The number of hydrogen-bond acceptors (Lipinski definition) is 7. The summed E-state index contributed by atoms with van der Waals surface area (Å²) in [5, 5.41) is 11.4. The molecule has 0 radical (unpaired) electrons. The third-order valence-corrected chi connectivity index (χ3v) is 6.43. The van der Waals surface area contributed by atoms with Gasteiger partial charge in [-0.15, -0.1) is 10.2 Å². The zero-order chi connectivity index (χ0) is 25.7. The maximum atomic E-state index is 13.0. The van der Waals surface area contributed by atoms with Crippen LogP contribution in [-0.4, -0.2) is 52.5 Å². The number of nitrogens with one attached hydrogen (secondary N) is 1. The normalized spacial score (nSPS) is 18.6. The first-order chi connectivity index (χ1) is 17.0. The van der Waals surface area contributed by atoms with Gasteiger partial charge in [0.1, 0.15) is 17.0 Å². The van der Waals surface area contributed by atoms with Gasteiger partial charge in [0.05, 0.1) is 24.9 Å². The van der Waals surface area contributed by atoms with Gasteiger partial charge in [-0.1, -0.05) is 6.07 Å². The van der Waals surface area contributed by atoms with Crippen molar-refractivity contribution in [2.45, 2.75) is 38.6 Å². The molecule has 1 fully saturated rings.